The van der Waals surface area contributed by atoms with Gasteiger partial charge in [0.1, 0.15) is 0 Å². The molecule has 130 valence electrons. The molecule has 1 aliphatic heterocycles. The standard InChI is InChI=1S/C16H17ClN6OS/c1-24-11-5-4-10(7-18-11)8-19-14-13-15(22-16(17)21-14)23(9-20-13)12-3-2-6-25-12/h4-5,7,9,12H,2-3,6,8H2,1H3,(H,19,21,22)/t12-/m1/s1. The molecule has 1 saturated heterocycles. The number of anilines is 1. The summed E-state index contributed by atoms with van der Waals surface area (Å²) in [7, 11) is 1.60. The van der Waals surface area contributed by atoms with Crippen molar-refractivity contribution in [3.8, 4) is 5.88 Å². The molecule has 0 aromatic carbocycles. The molecule has 1 aliphatic rings. The molecule has 9 heteroatoms. The Morgan fingerprint density at radius 3 is 3.00 bits per heavy atom. The molecule has 0 bridgehead atoms. The maximum absolute atomic E-state index is 6.14. The van der Waals surface area contributed by atoms with Crippen molar-refractivity contribution in [2.45, 2.75) is 24.8 Å². The van der Waals surface area contributed by atoms with Crippen molar-refractivity contribution >= 4 is 40.3 Å². The van der Waals surface area contributed by atoms with E-state index in [1.165, 1.54) is 12.2 Å². The van der Waals surface area contributed by atoms with Crippen molar-refractivity contribution in [2.75, 3.05) is 18.2 Å². The van der Waals surface area contributed by atoms with Crippen LogP contribution in [0.5, 0.6) is 5.88 Å². The second-order valence-electron chi connectivity index (χ2n) is 5.70. The third-order valence-electron chi connectivity index (χ3n) is 4.08. The molecular formula is C16H17ClN6OS. The SMILES string of the molecule is COc1ccc(CNc2nc(Cl)nc3c2ncn3[C@H]2CCCS2)cn1. The van der Waals surface area contributed by atoms with Crippen LogP contribution >= 0.6 is 23.4 Å². The van der Waals surface area contributed by atoms with Crippen LogP contribution in [-0.4, -0.2) is 37.4 Å². The molecule has 0 radical (unpaired) electrons. The van der Waals surface area contributed by atoms with Crippen LogP contribution in [0, 0.1) is 0 Å². The zero-order chi connectivity index (χ0) is 17.2. The van der Waals surface area contributed by atoms with Crippen LogP contribution < -0.4 is 10.1 Å². The normalized spacial score (nSPS) is 17.1. The van der Waals surface area contributed by atoms with Gasteiger partial charge in [-0.25, -0.2) is 9.97 Å². The van der Waals surface area contributed by atoms with Gasteiger partial charge in [-0.3, -0.25) is 0 Å². The van der Waals surface area contributed by atoms with Crippen LogP contribution in [-0.2, 0) is 6.54 Å². The summed E-state index contributed by atoms with van der Waals surface area (Å²) in [6.45, 7) is 0.560. The number of nitrogens with zero attached hydrogens (tertiary/aromatic N) is 5. The summed E-state index contributed by atoms with van der Waals surface area (Å²) in [5, 5.41) is 3.87. The minimum Gasteiger partial charge on any atom is -0.481 e. The van der Waals surface area contributed by atoms with E-state index >= 15 is 0 Å². The smallest absolute Gasteiger partial charge is 0.226 e. The molecule has 0 unspecified atom stereocenters. The van der Waals surface area contributed by atoms with Gasteiger partial charge >= 0.3 is 0 Å². The Labute approximate surface area is 154 Å². The second kappa shape index (κ2) is 7.05. The number of ether oxygens (including phenoxy) is 1. The molecule has 4 heterocycles. The average molecular weight is 377 g/mol. The lowest BCUT2D eigenvalue weighted by Gasteiger charge is -2.11. The van der Waals surface area contributed by atoms with Crippen molar-refractivity contribution in [1.29, 1.82) is 0 Å². The minimum absolute atomic E-state index is 0.215. The molecule has 1 N–H and O–H groups in total. The Morgan fingerprint density at radius 2 is 2.28 bits per heavy atom. The highest BCUT2D eigenvalue weighted by Gasteiger charge is 2.22. The topological polar surface area (TPSA) is 77.8 Å². The number of pyridine rings is 1. The zero-order valence-electron chi connectivity index (χ0n) is 13.6. The van der Waals surface area contributed by atoms with Crippen LogP contribution in [0.15, 0.2) is 24.7 Å². The first-order chi connectivity index (χ1) is 12.2. The first kappa shape index (κ1) is 16.4. The summed E-state index contributed by atoms with van der Waals surface area (Å²) >= 11 is 8.06. The Kier molecular flexibility index (Phi) is 4.63. The number of nitrogens with one attached hydrogen (secondary N) is 1. The van der Waals surface area contributed by atoms with Gasteiger partial charge in [0.15, 0.2) is 17.0 Å². The molecule has 25 heavy (non-hydrogen) atoms. The average Bonchev–Trinajstić information content (AvgIpc) is 3.29. The minimum atomic E-state index is 0.215. The quantitative estimate of drug-likeness (QED) is 0.682. The van der Waals surface area contributed by atoms with Crippen molar-refractivity contribution < 1.29 is 4.74 Å². The Balaban J connectivity index is 1.60. The Bertz CT molecular complexity index is 878. The summed E-state index contributed by atoms with van der Waals surface area (Å²) in [4.78, 5) is 17.4. The van der Waals surface area contributed by atoms with E-state index in [-0.39, 0.29) is 5.28 Å². The maximum Gasteiger partial charge on any atom is 0.226 e. The van der Waals surface area contributed by atoms with Crippen LogP contribution in [0.2, 0.25) is 5.28 Å². The summed E-state index contributed by atoms with van der Waals surface area (Å²) in [5.41, 5.74) is 2.52. The number of imidazole rings is 1. The van der Waals surface area contributed by atoms with E-state index in [1.54, 1.807) is 13.3 Å². The molecule has 7 nitrogen and oxygen atoms in total. The zero-order valence-corrected chi connectivity index (χ0v) is 15.2. The monoisotopic (exact) mass is 376 g/mol. The van der Waals surface area contributed by atoms with Gasteiger partial charge in [0.05, 0.1) is 18.8 Å². The lowest BCUT2D eigenvalue weighted by atomic mass is 10.3. The number of halogens is 1. The Morgan fingerprint density at radius 1 is 1.36 bits per heavy atom. The fraction of sp³-hybridized carbons (Fsp3) is 0.375. The van der Waals surface area contributed by atoms with Crippen molar-refractivity contribution in [1.82, 2.24) is 24.5 Å². The predicted molar refractivity (Wildman–Crippen MR) is 99.2 cm³/mol. The molecule has 0 saturated carbocycles. The van der Waals surface area contributed by atoms with Gasteiger partial charge in [-0.05, 0) is 35.8 Å². The maximum atomic E-state index is 6.14. The van der Waals surface area contributed by atoms with Gasteiger partial charge in [0.25, 0.3) is 0 Å². The molecule has 3 aromatic rings. The van der Waals surface area contributed by atoms with Crippen LogP contribution in [0.25, 0.3) is 11.2 Å². The second-order valence-corrected chi connectivity index (χ2v) is 7.32. The van der Waals surface area contributed by atoms with E-state index in [4.69, 9.17) is 16.3 Å². The third kappa shape index (κ3) is 3.36. The van der Waals surface area contributed by atoms with E-state index in [0.717, 1.165) is 23.1 Å². The van der Waals surface area contributed by atoms with Gasteiger partial charge in [-0.15, -0.1) is 11.8 Å². The lowest BCUT2D eigenvalue weighted by Crippen LogP contribution is -2.05. The fourth-order valence-corrected chi connectivity index (χ4v) is 4.24. The van der Waals surface area contributed by atoms with Gasteiger partial charge < -0.3 is 14.6 Å². The van der Waals surface area contributed by atoms with E-state index in [0.29, 0.717) is 23.6 Å². The van der Waals surface area contributed by atoms with E-state index in [2.05, 4.69) is 29.8 Å². The summed E-state index contributed by atoms with van der Waals surface area (Å²) in [6, 6.07) is 3.78. The highest BCUT2D eigenvalue weighted by molar-refractivity contribution is 7.99. The van der Waals surface area contributed by atoms with Crippen molar-refractivity contribution in [3.05, 3.63) is 35.5 Å². The van der Waals surface area contributed by atoms with Gasteiger partial charge in [-0.2, -0.15) is 9.97 Å². The van der Waals surface area contributed by atoms with Gasteiger partial charge in [0.2, 0.25) is 11.2 Å². The number of hydrogen-bond acceptors (Lipinski definition) is 7. The van der Waals surface area contributed by atoms with Crippen molar-refractivity contribution in [3.63, 3.8) is 0 Å². The predicted octanol–water partition coefficient (Wildman–Crippen LogP) is 3.52. The molecule has 3 aromatic heterocycles. The highest BCUT2D eigenvalue weighted by Crippen LogP contribution is 2.37. The van der Waals surface area contributed by atoms with Crippen LogP contribution in [0.1, 0.15) is 23.8 Å². The number of rotatable bonds is 5. The molecule has 4 rings (SSSR count). The van der Waals surface area contributed by atoms with Crippen LogP contribution in [0.4, 0.5) is 5.82 Å². The number of aromatic nitrogens is 5. The summed E-state index contributed by atoms with van der Waals surface area (Å²) in [5.74, 6) is 2.38. The molecule has 0 amide bonds. The van der Waals surface area contributed by atoms with Crippen molar-refractivity contribution in [2.24, 2.45) is 0 Å². The summed E-state index contributed by atoms with van der Waals surface area (Å²) < 4.78 is 7.17. The lowest BCUT2D eigenvalue weighted by molar-refractivity contribution is 0.397. The van der Waals surface area contributed by atoms with Gasteiger partial charge in [0, 0.05) is 18.8 Å². The molecular weight excluding hydrogens is 360 g/mol. The third-order valence-corrected chi connectivity index (χ3v) is 5.62. The Hall–Kier alpha value is -2.06. The van der Waals surface area contributed by atoms with E-state index < -0.39 is 0 Å². The number of fused-ring (bicyclic) bond motifs is 1. The van der Waals surface area contributed by atoms with E-state index in [9.17, 15) is 0 Å². The largest absolute Gasteiger partial charge is 0.481 e. The van der Waals surface area contributed by atoms with Crippen LogP contribution in [0.3, 0.4) is 0 Å². The van der Waals surface area contributed by atoms with Gasteiger partial charge in [-0.1, -0.05) is 6.07 Å². The van der Waals surface area contributed by atoms with E-state index in [1.807, 2.05) is 30.2 Å². The fourth-order valence-electron chi connectivity index (χ4n) is 2.83. The first-order valence-corrected chi connectivity index (χ1v) is 9.42. The first-order valence-electron chi connectivity index (χ1n) is 7.99. The highest BCUT2D eigenvalue weighted by atomic mass is 35.5. The number of hydrogen-bond donors (Lipinski definition) is 1. The summed E-state index contributed by atoms with van der Waals surface area (Å²) in [6.07, 6.45) is 5.93. The number of thioether (sulfide) groups is 1. The molecule has 0 spiro atoms. The number of methoxy groups -OCH3 is 1. The molecule has 1 atom stereocenters. The molecule has 0 aliphatic carbocycles. The molecule has 1 fully saturated rings.